The first kappa shape index (κ1) is 23.1. The van der Waals surface area contributed by atoms with E-state index in [9.17, 15) is 20.2 Å². The van der Waals surface area contributed by atoms with Gasteiger partial charge in [0.05, 0.1) is 9.85 Å². The lowest BCUT2D eigenvalue weighted by Gasteiger charge is -2.13. The van der Waals surface area contributed by atoms with Crippen LogP contribution in [0.1, 0.15) is 11.1 Å². The number of aryl methyl sites for hydroxylation is 2. The van der Waals surface area contributed by atoms with Gasteiger partial charge in [0.2, 0.25) is 11.8 Å². The van der Waals surface area contributed by atoms with E-state index in [0.29, 0.717) is 22.6 Å². The number of pyridine rings is 2. The molecular formula is C24H18N4O7. The summed E-state index contributed by atoms with van der Waals surface area (Å²) in [5, 5.41) is 22.0. The highest BCUT2D eigenvalue weighted by atomic mass is 16.6. The van der Waals surface area contributed by atoms with Crippen LogP contribution in [-0.2, 0) is 0 Å². The molecule has 0 atom stereocenters. The maximum Gasteiger partial charge on any atom is 0.288 e. The molecule has 0 N–H and O–H groups in total. The Balaban J connectivity index is 1.68. The predicted molar refractivity (Wildman–Crippen MR) is 124 cm³/mol. The maximum absolute atomic E-state index is 11.0. The van der Waals surface area contributed by atoms with Crippen molar-refractivity contribution in [2.45, 2.75) is 13.8 Å². The molecule has 2 aromatic carbocycles. The van der Waals surface area contributed by atoms with Crippen LogP contribution in [0.3, 0.4) is 0 Å². The average molecular weight is 474 g/mol. The van der Waals surface area contributed by atoms with E-state index in [1.807, 2.05) is 18.2 Å². The Morgan fingerprint density at radius 3 is 1.46 bits per heavy atom. The van der Waals surface area contributed by atoms with Gasteiger partial charge in [-0.1, -0.05) is 18.2 Å². The summed E-state index contributed by atoms with van der Waals surface area (Å²) in [5.74, 6) is 1.87. The molecule has 0 aliphatic heterocycles. The number of nitrogens with zero attached hydrogens (tertiary/aromatic N) is 4. The van der Waals surface area contributed by atoms with Gasteiger partial charge in [-0.25, -0.2) is 9.97 Å². The largest absolute Gasteiger partial charge is 0.457 e. The van der Waals surface area contributed by atoms with Gasteiger partial charge in [-0.15, -0.1) is 0 Å². The molecule has 2 heterocycles. The van der Waals surface area contributed by atoms with E-state index < -0.39 is 9.85 Å². The molecule has 11 nitrogen and oxygen atoms in total. The number of benzene rings is 2. The summed E-state index contributed by atoms with van der Waals surface area (Å²) in [6.07, 6.45) is 2.21. The number of hydrogen-bond acceptors (Lipinski definition) is 9. The van der Waals surface area contributed by atoms with E-state index in [0.717, 1.165) is 12.4 Å². The summed E-state index contributed by atoms with van der Waals surface area (Å²) in [7, 11) is 0. The van der Waals surface area contributed by atoms with Gasteiger partial charge < -0.3 is 14.2 Å². The van der Waals surface area contributed by atoms with Crippen LogP contribution in [0, 0.1) is 34.1 Å². The topological polar surface area (TPSA) is 140 Å². The third kappa shape index (κ3) is 5.66. The van der Waals surface area contributed by atoms with Crippen molar-refractivity contribution in [3.63, 3.8) is 0 Å². The minimum atomic E-state index is -0.538. The fourth-order valence-corrected chi connectivity index (χ4v) is 3.08. The first-order valence-corrected chi connectivity index (χ1v) is 10.2. The molecule has 2 aromatic heterocycles. The summed E-state index contributed by atoms with van der Waals surface area (Å²) in [4.78, 5) is 29.0. The zero-order chi connectivity index (χ0) is 24.9. The van der Waals surface area contributed by atoms with E-state index in [-0.39, 0.29) is 34.6 Å². The molecule has 4 aromatic rings. The van der Waals surface area contributed by atoms with E-state index in [1.165, 1.54) is 12.1 Å². The molecule has 0 aliphatic rings. The molecule has 0 spiro atoms. The first-order chi connectivity index (χ1) is 16.8. The zero-order valence-corrected chi connectivity index (χ0v) is 18.6. The quantitative estimate of drug-likeness (QED) is 0.213. The van der Waals surface area contributed by atoms with Gasteiger partial charge in [0.1, 0.15) is 35.4 Å². The van der Waals surface area contributed by atoms with Gasteiger partial charge in [0.15, 0.2) is 0 Å². The van der Waals surface area contributed by atoms with Gasteiger partial charge in [-0.2, -0.15) is 0 Å². The number of ether oxygens (including phenoxy) is 3. The summed E-state index contributed by atoms with van der Waals surface area (Å²) in [6.45, 7) is 3.28. The van der Waals surface area contributed by atoms with Gasteiger partial charge >= 0.3 is 0 Å². The lowest BCUT2D eigenvalue weighted by Crippen LogP contribution is -1.97. The minimum absolute atomic E-state index is 0.153. The van der Waals surface area contributed by atoms with Crippen LogP contribution in [0.4, 0.5) is 11.4 Å². The fraction of sp³-hybridized carbons (Fsp3) is 0.0833. The highest BCUT2D eigenvalue weighted by Gasteiger charge is 2.15. The van der Waals surface area contributed by atoms with Crippen molar-refractivity contribution in [3.8, 4) is 34.8 Å². The van der Waals surface area contributed by atoms with Gasteiger partial charge in [-0.3, -0.25) is 20.2 Å². The third-order valence-electron chi connectivity index (χ3n) is 4.71. The van der Waals surface area contributed by atoms with Crippen LogP contribution < -0.4 is 14.2 Å². The Kier molecular flexibility index (Phi) is 6.49. The fourth-order valence-electron chi connectivity index (χ4n) is 3.08. The summed E-state index contributed by atoms with van der Waals surface area (Å²) >= 11 is 0. The Morgan fingerprint density at radius 2 is 1.06 bits per heavy atom. The standard InChI is InChI=1S/C24H18N4O7/c1-15-8-17(27(29)30)13-25-23(15)34-21-10-20(33-19-6-4-3-5-7-19)11-22(12-21)35-24-16(2)9-18(14-26-24)28(31)32/h3-14H,1-2H3. The second-order valence-electron chi connectivity index (χ2n) is 7.40. The number of aromatic nitrogens is 2. The second kappa shape index (κ2) is 9.83. The normalized spacial score (nSPS) is 10.5. The highest BCUT2D eigenvalue weighted by molar-refractivity contribution is 5.48. The maximum atomic E-state index is 11.0. The van der Waals surface area contributed by atoms with E-state index >= 15 is 0 Å². The van der Waals surface area contributed by atoms with Crippen LogP contribution in [-0.4, -0.2) is 19.8 Å². The Hall–Kier alpha value is -5.06. The van der Waals surface area contributed by atoms with Crippen LogP contribution >= 0.6 is 0 Å². The predicted octanol–water partition coefficient (Wildman–Crippen LogP) is 6.29. The highest BCUT2D eigenvalue weighted by Crippen LogP contribution is 2.36. The van der Waals surface area contributed by atoms with Crippen molar-refractivity contribution in [2.24, 2.45) is 0 Å². The molecule has 0 fully saturated rings. The Morgan fingerprint density at radius 1 is 0.629 bits per heavy atom. The number of nitro groups is 2. The molecule has 0 saturated heterocycles. The molecule has 4 rings (SSSR count). The van der Waals surface area contributed by atoms with Crippen molar-refractivity contribution >= 4 is 11.4 Å². The molecule has 0 saturated carbocycles. The van der Waals surface area contributed by atoms with Crippen molar-refractivity contribution in [2.75, 3.05) is 0 Å². The van der Waals surface area contributed by atoms with Crippen molar-refractivity contribution in [3.05, 3.63) is 104 Å². The van der Waals surface area contributed by atoms with Crippen LogP contribution in [0.15, 0.2) is 73.1 Å². The van der Waals surface area contributed by atoms with Crippen LogP contribution in [0.2, 0.25) is 0 Å². The zero-order valence-electron chi connectivity index (χ0n) is 18.6. The summed E-state index contributed by atoms with van der Waals surface area (Å²) in [5.41, 5.74) is 0.618. The van der Waals surface area contributed by atoms with Crippen LogP contribution in [0.5, 0.6) is 34.8 Å². The van der Waals surface area contributed by atoms with E-state index in [4.69, 9.17) is 14.2 Å². The molecule has 0 bridgehead atoms. The van der Waals surface area contributed by atoms with Crippen LogP contribution in [0.25, 0.3) is 0 Å². The summed E-state index contributed by atoms with van der Waals surface area (Å²) < 4.78 is 17.7. The molecule has 0 aliphatic carbocycles. The Labute approximate surface area is 198 Å². The number of rotatable bonds is 8. The smallest absolute Gasteiger partial charge is 0.288 e. The molecule has 11 heteroatoms. The SMILES string of the molecule is Cc1cc([N+](=O)[O-])cnc1Oc1cc(Oc2ccccc2)cc(Oc2ncc([N+](=O)[O-])cc2C)c1. The van der Waals surface area contributed by atoms with Gasteiger partial charge in [-0.05, 0) is 26.0 Å². The van der Waals surface area contributed by atoms with Crippen molar-refractivity contribution < 1.29 is 24.1 Å². The van der Waals surface area contributed by atoms with Gasteiger partial charge in [0, 0.05) is 41.5 Å². The summed E-state index contributed by atoms with van der Waals surface area (Å²) in [6, 6.07) is 16.5. The number of para-hydroxylation sites is 1. The average Bonchev–Trinajstić information content (AvgIpc) is 2.82. The molecule has 35 heavy (non-hydrogen) atoms. The molecule has 176 valence electrons. The molecular weight excluding hydrogens is 456 g/mol. The molecule has 0 radical (unpaired) electrons. The van der Waals surface area contributed by atoms with E-state index in [2.05, 4.69) is 9.97 Å². The lowest BCUT2D eigenvalue weighted by atomic mass is 10.2. The van der Waals surface area contributed by atoms with Crippen molar-refractivity contribution in [1.82, 2.24) is 9.97 Å². The number of hydrogen-bond donors (Lipinski definition) is 0. The van der Waals surface area contributed by atoms with E-state index in [1.54, 1.807) is 44.2 Å². The monoisotopic (exact) mass is 474 g/mol. The molecule has 0 unspecified atom stereocenters. The Bertz CT molecular complexity index is 1330. The lowest BCUT2D eigenvalue weighted by molar-refractivity contribution is -0.385. The molecule has 0 amide bonds. The first-order valence-electron chi connectivity index (χ1n) is 10.2. The van der Waals surface area contributed by atoms with Gasteiger partial charge in [0.25, 0.3) is 11.4 Å². The third-order valence-corrected chi connectivity index (χ3v) is 4.71. The van der Waals surface area contributed by atoms with Crippen molar-refractivity contribution in [1.29, 1.82) is 0 Å². The second-order valence-corrected chi connectivity index (χ2v) is 7.40. The minimum Gasteiger partial charge on any atom is -0.457 e.